The van der Waals surface area contributed by atoms with Crippen LogP contribution in [0.4, 0.5) is 0 Å². The van der Waals surface area contributed by atoms with Crippen LogP contribution in [0.1, 0.15) is 29.5 Å². The second-order valence-corrected chi connectivity index (χ2v) is 6.57. The van der Waals surface area contributed by atoms with E-state index >= 15 is 0 Å². The maximum Gasteiger partial charge on any atom is 0.212 e. The number of methoxy groups -OCH3 is 1. The molecule has 0 radical (unpaired) electrons. The molecule has 0 amide bonds. The molecule has 1 saturated carbocycles. The summed E-state index contributed by atoms with van der Waals surface area (Å²) in [6, 6.07) is 12.6. The molecule has 2 aromatic rings. The quantitative estimate of drug-likeness (QED) is 0.920. The number of hydrogen-bond acceptors (Lipinski definition) is 3. The van der Waals surface area contributed by atoms with Gasteiger partial charge in [-0.1, -0.05) is 42.8 Å². The molecule has 0 bridgehead atoms. The van der Waals surface area contributed by atoms with E-state index in [1.165, 1.54) is 16.7 Å². The zero-order chi connectivity index (χ0) is 15.7. The summed E-state index contributed by atoms with van der Waals surface area (Å²) >= 11 is 0. The third-order valence-corrected chi connectivity index (χ3v) is 5.10. The first-order valence-corrected chi connectivity index (χ1v) is 7.75. The van der Waals surface area contributed by atoms with E-state index < -0.39 is 0 Å². The number of hydrogen-bond donors (Lipinski definition) is 1. The number of rotatable bonds is 5. The Kier molecular flexibility index (Phi) is 3.92. The summed E-state index contributed by atoms with van der Waals surface area (Å²) in [5.41, 5.74) is 3.75. The molecule has 1 aliphatic rings. The summed E-state index contributed by atoms with van der Waals surface area (Å²) in [6.45, 7) is 4.48. The fourth-order valence-corrected chi connectivity index (χ4v) is 3.51. The van der Waals surface area contributed by atoms with Gasteiger partial charge in [0.15, 0.2) is 0 Å². The Balaban J connectivity index is 1.79. The van der Waals surface area contributed by atoms with Crippen LogP contribution in [0, 0.1) is 18.3 Å². The maximum absolute atomic E-state index is 9.85. The van der Waals surface area contributed by atoms with E-state index in [2.05, 4.69) is 49.2 Å². The van der Waals surface area contributed by atoms with Crippen LogP contribution in [0.25, 0.3) is 0 Å². The molecule has 0 saturated heterocycles. The van der Waals surface area contributed by atoms with Crippen molar-refractivity contribution in [3.05, 3.63) is 59.3 Å². The molecule has 0 unspecified atom stereocenters. The average molecular weight is 297 g/mol. The second-order valence-electron chi connectivity index (χ2n) is 6.57. The minimum atomic E-state index is -0.0544. The van der Waals surface area contributed by atoms with Crippen molar-refractivity contribution in [1.29, 1.82) is 0 Å². The zero-order valence-electron chi connectivity index (χ0n) is 13.4. The average Bonchev–Trinajstić information content (AvgIpc) is 3.14. The molecule has 1 N–H and O–H groups in total. The molecule has 1 fully saturated rings. The fourth-order valence-electron chi connectivity index (χ4n) is 3.51. The maximum atomic E-state index is 9.85. The van der Waals surface area contributed by atoms with Crippen molar-refractivity contribution < 1.29 is 9.84 Å². The number of aryl methyl sites for hydroxylation is 1. The lowest BCUT2D eigenvalue weighted by molar-refractivity contribution is 0.208. The van der Waals surface area contributed by atoms with Crippen molar-refractivity contribution in [3.8, 4) is 5.88 Å². The van der Waals surface area contributed by atoms with Crippen molar-refractivity contribution in [2.45, 2.75) is 26.2 Å². The smallest absolute Gasteiger partial charge is 0.212 e. The Bertz CT molecular complexity index is 635. The predicted molar refractivity (Wildman–Crippen MR) is 87.1 cm³/mol. The molecule has 1 aromatic carbocycles. The Morgan fingerprint density at radius 3 is 2.45 bits per heavy atom. The highest BCUT2D eigenvalue weighted by Crippen LogP contribution is 2.65. The standard InChI is InChI=1S/C19H23NO2/c1-13-4-6-14(7-5-13)10-16-18(19(16,2)12-21)15-8-9-17(22-3)20-11-15/h4-9,11,16,18,21H,10,12H2,1-3H3/t16-,18-,19+/m1/s1. The van der Waals surface area contributed by atoms with Crippen molar-refractivity contribution in [3.63, 3.8) is 0 Å². The molecule has 22 heavy (non-hydrogen) atoms. The Hall–Kier alpha value is -1.87. The summed E-state index contributed by atoms with van der Waals surface area (Å²) in [6.07, 6.45) is 2.88. The molecule has 1 aromatic heterocycles. The Morgan fingerprint density at radius 1 is 1.18 bits per heavy atom. The van der Waals surface area contributed by atoms with Gasteiger partial charge in [0.25, 0.3) is 0 Å². The molecular weight excluding hydrogens is 274 g/mol. The van der Waals surface area contributed by atoms with Crippen molar-refractivity contribution in [1.82, 2.24) is 4.98 Å². The highest BCUT2D eigenvalue weighted by molar-refractivity contribution is 5.34. The molecule has 3 rings (SSSR count). The van der Waals surface area contributed by atoms with E-state index in [-0.39, 0.29) is 12.0 Å². The second kappa shape index (κ2) is 5.73. The molecular formula is C19H23NO2. The molecule has 116 valence electrons. The number of ether oxygens (including phenoxy) is 1. The first-order valence-electron chi connectivity index (χ1n) is 7.75. The van der Waals surface area contributed by atoms with Crippen molar-refractivity contribution >= 4 is 0 Å². The van der Waals surface area contributed by atoms with Crippen LogP contribution in [0.15, 0.2) is 42.6 Å². The van der Waals surface area contributed by atoms with Gasteiger partial charge in [0.1, 0.15) is 0 Å². The van der Waals surface area contributed by atoms with Gasteiger partial charge >= 0.3 is 0 Å². The van der Waals surface area contributed by atoms with Gasteiger partial charge in [-0.3, -0.25) is 0 Å². The molecule has 1 aliphatic carbocycles. The van der Waals surface area contributed by atoms with Gasteiger partial charge in [-0.2, -0.15) is 0 Å². The van der Waals surface area contributed by atoms with Crippen LogP contribution in [-0.2, 0) is 6.42 Å². The lowest BCUT2D eigenvalue weighted by atomic mass is 10.0. The topological polar surface area (TPSA) is 42.4 Å². The van der Waals surface area contributed by atoms with Gasteiger partial charge < -0.3 is 9.84 Å². The summed E-state index contributed by atoms with van der Waals surface area (Å²) in [4.78, 5) is 4.31. The van der Waals surface area contributed by atoms with E-state index in [9.17, 15) is 5.11 Å². The number of aliphatic hydroxyl groups excluding tert-OH is 1. The number of aliphatic hydroxyl groups is 1. The van der Waals surface area contributed by atoms with E-state index in [1.54, 1.807) is 7.11 Å². The van der Waals surface area contributed by atoms with Crippen LogP contribution in [0.5, 0.6) is 5.88 Å². The monoisotopic (exact) mass is 297 g/mol. The van der Waals surface area contributed by atoms with E-state index in [1.807, 2.05) is 12.3 Å². The number of nitrogens with zero attached hydrogens (tertiary/aromatic N) is 1. The van der Waals surface area contributed by atoms with Crippen LogP contribution in [0.3, 0.4) is 0 Å². The lowest BCUT2D eigenvalue weighted by Crippen LogP contribution is -2.06. The fraction of sp³-hybridized carbons (Fsp3) is 0.421. The molecule has 0 spiro atoms. The lowest BCUT2D eigenvalue weighted by Gasteiger charge is -2.07. The summed E-state index contributed by atoms with van der Waals surface area (Å²) in [7, 11) is 1.62. The van der Waals surface area contributed by atoms with E-state index in [0.717, 1.165) is 6.42 Å². The Labute approximate surface area is 132 Å². The highest BCUT2D eigenvalue weighted by atomic mass is 16.5. The number of aromatic nitrogens is 1. The largest absolute Gasteiger partial charge is 0.481 e. The Morgan fingerprint density at radius 2 is 1.91 bits per heavy atom. The molecule has 3 atom stereocenters. The zero-order valence-corrected chi connectivity index (χ0v) is 13.4. The minimum Gasteiger partial charge on any atom is -0.481 e. The van der Waals surface area contributed by atoms with Crippen molar-refractivity contribution in [2.75, 3.05) is 13.7 Å². The van der Waals surface area contributed by atoms with Crippen LogP contribution in [0.2, 0.25) is 0 Å². The highest BCUT2D eigenvalue weighted by Gasteiger charge is 2.60. The third-order valence-electron chi connectivity index (χ3n) is 5.10. The van der Waals surface area contributed by atoms with E-state index in [4.69, 9.17) is 4.74 Å². The predicted octanol–water partition coefficient (Wildman–Crippen LogP) is 3.35. The first kappa shape index (κ1) is 15.0. The summed E-state index contributed by atoms with van der Waals surface area (Å²) < 4.78 is 5.12. The van der Waals surface area contributed by atoms with E-state index in [0.29, 0.717) is 17.7 Å². The molecule has 3 heteroatoms. The number of benzene rings is 1. The van der Waals surface area contributed by atoms with Crippen LogP contribution < -0.4 is 4.74 Å². The van der Waals surface area contributed by atoms with Gasteiger partial charge in [-0.25, -0.2) is 4.98 Å². The molecule has 1 heterocycles. The molecule has 0 aliphatic heterocycles. The summed E-state index contributed by atoms with van der Waals surface area (Å²) in [5.74, 6) is 1.44. The van der Waals surface area contributed by atoms with Crippen LogP contribution in [-0.4, -0.2) is 23.8 Å². The van der Waals surface area contributed by atoms with Gasteiger partial charge in [-0.05, 0) is 36.3 Å². The summed E-state index contributed by atoms with van der Waals surface area (Å²) in [5, 5.41) is 9.85. The third kappa shape index (κ3) is 2.61. The van der Waals surface area contributed by atoms with Crippen molar-refractivity contribution in [2.24, 2.45) is 11.3 Å². The molecule has 3 nitrogen and oxygen atoms in total. The SMILES string of the molecule is COc1ccc([C@@H]2[C@@H](Cc3ccc(C)cc3)[C@]2(C)CO)cn1. The number of pyridine rings is 1. The van der Waals surface area contributed by atoms with Gasteiger partial charge in [-0.15, -0.1) is 0 Å². The first-order chi connectivity index (χ1) is 10.6. The van der Waals surface area contributed by atoms with Gasteiger partial charge in [0, 0.05) is 24.3 Å². The van der Waals surface area contributed by atoms with Gasteiger partial charge in [0.2, 0.25) is 5.88 Å². The normalized spacial score (nSPS) is 26.7. The van der Waals surface area contributed by atoms with Crippen LogP contribution >= 0.6 is 0 Å². The van der Waals surface area contributed by atoms with Gasteiger partial charge in [0.05, 0.1) is 7.11 Å². The minimum absolute atomic E-state index is 0.0544.